The van der Waals surface area contributed by atoms with Crippen molar-refractivity contribution in [3.8, 4) is 66.0 Å². The van der Waals surface area contributed by atoms with Gasteiger partial charge in [-0.1, -0.05) is 0 Å². The summed E-state index contributed by atoms with van der Waals surface area (Å²) in [5.41, 5.74) is 2.74. The molecule has 0 amide bonds. The number of hydrogen-bond donors (Lipinski definition) is 0. The van der Waals surface area contributed by atoms with Gasteiger partial charge in [0.05, 0.1) is 32.5 Å². The molecule has 6 heterocycles. The van der Waals surface area contributed by atoms with Crippen molar-refractivity contribution in [3.63, 3.8) is 0 Å². The quantitative estimate of drug-likeness (QED) is 0.218. The molecule has 5 aromatic rings. The smallest absolute Gasteiger partial charge is 0.298 e. The zero-order valence-corrected chi connectivity index (χ0v) is 22.1. The summed E-state index contributed by atoms with van der Waals surface area (Å²) in [6.45, 7) is 3.71. The number of aromatic nitrogens is 3. The fourth-order valence-electron chi connectivity index (χ4n) is 4.14. The van der Waals surface area contributed by atoms with Crippen LogP contribution in [-0.2, 0) is 9.59 Å². The molecule has 9 nitrogen and oxygen atoms in total. The molecule has 0 unspecified atom stereocenters. The number of thiophene rings is 2. The Kier molecular flexibility index (Phi) is 6.74. The molecule has 0 atom stereocenters. The molecule has 0 aromatic carbocycles. The monoisotopic (exact) mass is 557 g/mol. The fourth-order valence-corrected chi connectivity index (χ4v) is 6.30. The van der Waals surface area contributed by atoms with Gasteiger partial charge in [-0.25, -0.2) is 4.98 Å². The molecule has 5 aromatic heterocycles. The minimum atomic E-state index is 0.265. The standard InChI is InChI=1S/C28H19N3O6S2/c1-16-2-3-24(38-16)28-26-25(34-8-9-35-26)27(39-28)17-4-6-29-20(10-17)22-12-19(37-15-33)13-23(31-22)21-11-18(36-14-32)5-7-30-21/h2-7,10-15H,8-9H2,1H3. The van der Waals surface area contributed by atoms with Gasteiger partial charge >= 0.3 is 0 Å². The van der Waals surface area contributed by atoms with Gasteiger partial charge in [0.2, 0.25) is 0 Å². The summed E-state index contributed by atoms with van der Waals surface area (Å²) in [5.74, 6) is 2.04. The molecule has 0 bridgehead atoms. The highest BCUT2D eigenvalue weighted by Gasteiger charge is 2.27. The fraction of sp³-hybridized carbons (Fsp3) is 0.107. The number of carbonyl (C=O) groups is 2. The topological polar surface area (TPSA) is 110 Å². The lowest BCUT2D eigenvalue weighted by atomic mass is 10.1. The van der Waals surface area contributed by atoms with Crippen LogP contribution in [0.1, 0.15) is 4.88 Å². The van der Waals surface area contributed by atoms with Gasteiger partial charge in [0.1, 0.15) is 24.7 Å². The molecule has 194 valence electrons. The van der Waals surface area contributed by atoms with E-state index in [4.69, 9.17) is 23.9 Å². The van der Waals surface area contributed by atoms with Gasteiger partial charge < -0.3 is 18.9 Å². The van der Waals surface area contributed by atoms with Crippen LogP contribution in [0, 0.1) is 6.92 Å². The van der Waals surface area contributed by atoms with Crippen LogP contribution in [0.4, 0.5) is 0 Å². The van der Waals surface area contributed by atoms with Crippen molar-refractivity contribution in [2.45, 2.75) is 6.92 Å². The van der Waals surface area contributed by atoms with Crippen LogP contribution >= 0.6 is 22.7 Å². The van der Waals surface area contributed by atoms with Gasteiger partial charge in [-0.2, -0.15) is 0 Å². The highest BCUT2D eigenvalue weighted by atomic mass is 32.1. The van der Waals surface area contributed by atoms with Crippen LogP contribution in [0.2, 0.25) is 0 Å². The number of aryl methyl sites for hydroxylation is 1. The molecule has 1 aliphatic heterocycles. The van der Waals surface area contributed by atoms with Crippen LogP contribution in [0.25, 0.3) is 43.0 Å². The summed E-state index contributed by atoms with van der Waals surface area (Å²) in [6, 6.07) is 14.3. The maximum absolute atomic E-state index is 11.1. The number of ether oxygens (including phenoxy) is 4. The molecule has 0 fully saturated rings. The van der Waals surface area contributed by atoms with Crippen molar-refractivity contribution in [1.29, 1.82) is 0 Å². The van der Waals surface area contributed by atoms with Crippen molar-refractivity contribution in [2.24, 2.45) is 0 Å². The molecule has 0 saturated heterocycles. The number of nitrogens with zero attached hydrogens (tertiary/aromatic N) is 3. The minimum absolute atomic E-state index is 0.265. The minimum Gasteiger partial charge on any atom is -0.485 e. The van der Waals surface area contributed by atoms with E-state index in [1.54, 1.807) is 53.1 Å². The molecular formula is C28H19N3O6S2. The predicted octanol–water partition coefficient (Wildman–Crippen LogP) is 5.81. The molecule has 0 aliphatic carbocycles. The average Bonchev–Trinajstić information content (AvgIpc) is 3.57. The van der Waals surface area contributed by atoms with Crippen molar-refractivity contribution in [1.82, 2.24) is 15.0 Å². The lowest BCUT2D eigenvalue weighted by Crippen LogP contribution is -2.14. The van der Waals surface area contributed by atoms with E-state index < -0.39 is 0 Å². The summed E-state index contributed by atoms with van der Waals surface area (Å²) in [7, 11) is 0. The van der Waals surface area contributed by atoms with Crippen LogP contribution in [0.3, 0.4) is 0 Å². The molecule has 0 radical (unpaired) electrons. The predicted molar refractivity (Wildman–Crippen MR) is 146 cm³/mol. The van der Waals surface area contributed by atoms with Gasteiger partial charge in [-0.3, -0.25) is 19.6 Å². The van der Waals surface area contributed by atoms with Gasteiger partial charge in [0, 0.05) is 40.3 Å². The molecule has 1 aliphatic rings. The Morgan fingerprint density at radius 3 is 2.08 bits per heavy atom. The highest BCUT2D eigenvalue weighted by Crippen LogP contribution is 2.54. The van der Waals surface area contributed by atoms with Gasteiger partial charge in [-0.15, -0.1) is 22.7 Å². The Morgan fingerprint density at radius 1 is 0.744 bits per heavy atom. The van der Waals surface area contributed by atoms with Crippen molar-refractivity contribution in [2.75, 3.05) is 13.2 Å². The van der Waals surface area contributed by atoms with Crippen molar-refractivity contribution in [3.05, 3.63) is 65.8 Å². The number of hydrogen-bond acceptors (Lipinski definition) is 11. The highest BCUT2D eigenvalue weighted by molar-refractivity contribution is 7.24. The lowest BCUT2D eigenvalue weighted by molar-refractivity contribution is -0.121. The summed E-state index contributed by atoms with van der Waals surface area (Å²) in [6.07, 6.45) is 3.19. The molecular weight excluding hydrogens is 538 g/mol. The number of carbonyl (C=O) groups excluding carboxylic acids is 2. The van der Waals surface area contributed by atoms with E-state index in [1.165, 1.54) is 11.1 Å². The van der Waals surface area contributed by atoms with Crippen molar-refractivity contribution >= 4 is 35.6 Å². The third-order valence-electron chi connectivity index (χ3n) is 5.81. The normalized spacial score (nSPS) is 12.1. The third kappa shape index (κ3) is 4.97. The summed E-state index contributed by atoms with van der Waals surface area (Å²) < 4.78 is 22.2. The molecule has 39 heavy (non-hydrogen) atoms. The Labute approximate surface area is 230 Å². The first-order valence-corrected chi connectivity index (χ1v) is 13.4. The van der Waals surface area contributed by atoms with E-state index in [1.807, 2.05) is 12.1 Å². The van der Waals surface area contributed by atoms with Crippen molar-refractivity contribution < 1.29 is 28.5 Å². The molecule has 0 saturated carbocycles. The van der Waals surface area contributed by atoms with E-state index >= 15 is 0 Å². The maximum atomic E-state index is 11.1. The summed E-state index contributed by atoms with van der Waals surface area (Å²) in [4.78, 5) is 39.8. The van der Waals surface area contributed by atoms with Crippen LogP contribution in [0.5, 0.6) is 23.0 Å². The average molecular weight is 558 g/mol. The Morgan fingerprint density at radius 2 is 1.38 bits per heavy atom. The Hall–Kier alpha value is -4.61. The first-order chi connectivity index (χ1) is 19.1. The number of fused-ring (bicyclic) bond motifs is 1. The maximum Gasteiger partial charge on any atom is 0.298 e. The number of pyridine rings is 3. The first-order valence-electron chi connectivity index (χ1n) is 11.8. The van der Waals surface area contributed by atoms with Crippen LogP contribution < -0.4 is 18.9 Å². The molecule has 6 rings (SSSR count). The second-order valence-electron chi connectivity index (χ2n) is 8.33. The lowest BCUT2D eigenvalue weighted by Gasteiger charge is -2.17. The first kappa shape index (κ1) is 24.7. The van der Waals surface area contributed by atoms with Gasteiger partial charge in [0.25, 0.3) is 12.9 Å². The zero-order valence-electron chi connectivity index (χ0n) is 20.5. The largest absolute Gasteiger partial charge is 0.485 e. The Balaban J connectivity index is 1.44. The van der Waals surface area contributed by atoms with E-state index in [9.17, 15) is 9.59 Å². The Bertz CT molecular complexity index is 1700. The second kappa shape index (κ2) is 10.6. The number of rotatable bonds is 8. The summed E-state index contributed by atoms with van der Waals surface area (Å²) >= 11 is 3.31. The second-order valence-corrected chi connectivity index (χ2v) is 10.6. The molecule has 0 spiro atoms. The van der Waals surface area contributed by atoms with E-state index in [0.29, 0.717) is 60.4 Å². The zero-order chi connectivity index (χ0) is 26.8. The van der Waals surface area contributed by atoms with E-state index in [0.717, 1.165) is 25.9 Å². The van der Waals surface area contributed by atoms with Gasteiger partial charge in [0.15, 0.2) is 11.5 Å². The van der Waals surface area contributed by atoms with E-state index in [2.05, 4.69) is 29.0 Å². The molecule has 0 N–H and O–H groups in total. The van der Waals surface area contributed by atoms with Crippen LogP contribution in [0.15, 0.2) is 60.9 Å². The SMILES string of the molecule is Cc1ccc(-c2sc(-c3ccnc(-c4cc(OC=O)cc(-c5cc(OC=O)ccn5)n4)c3)c3c2OCCO3)s1. The summed E-state index contributed by atoms with van der Waals surface area (Å²) in [5, 5.41) is 0. The third-order valence-corrected chi connectivity index (χ3v) is 8.19. The van der Waals surface area contributed by atoms with Crippen LogP contribution in [-0.4, -0.2) is 41.1 Å². The molecule has 11 heteroatoms. The van der Waals surface area contributed by atoms with Gasteiger partial charge in [-0.05, 0) is 42.8 Å². The van der Waals surface area contributed by atoms with E-state index in [-0.39, 0.29) is 5.75 Å².